The van der Waals surface area contributed by atoms with E-state index >= 15 is 0 Å². The quantitative estimate of drug-likeness (QED) is 0.732. The van der Waals surface area contributed by atoms with E-state index in [1.165, 1.54) is 0 Å². The number of ether oxygens (including phenoxy) is 1. The number of para-hydroxylation sites is 1. The minimum absolute atomic E-state index is 0.104. The largest absolute Gasteiger partial charge is 0.378 e. The van der Waals surface area contributed by atoms with E-state index in [2.05, 4.69) is 20.6 Å². The Labute approximate surface area is 154 Å². The van der Waals surface area contributed by atoms with Crippen LogP contribution in [0.5, 0.6) is 0 Å². The highest BCUT2D eigenvalue weighted by Crippen LogP contribution is 2.30. The normalized spacial score (nSPS) is 19.2. The van der Waals surface area contributed by atoms with E-state index in [-0.39, 0.29) is 23.7 Å². The van der Waals surface area contributed by atoms with Gasteiger partial charge in [-0.1, -0.05) is 18.2 Å². The van der Waals surface area contributed by atoms with Gasteiger partial charge in [0.15, 0.2) is 0 Å². The third-order valence-electron chi connectivity index (χ3n) is 4.61. The van der Waals surface area contributed by atoms with Crippen LogP contribution in [0.1, 0.15) is 17.9 Å². The highest BCUT2D eigenvalue weighted by molar-refractivity contribution is 6.04. The fourth-order valence-electron chi connectivity index (χ4n) is 3.26. The molecule has 1 aromatic heterocycles. The fraction of sp³-hybridized carbons (Fsp3) is 0.333. The summed E-state index contributed by atoms with van der Waals surface area (Å²) >= 11 is 0. The number of rotatable bonds is 3. The van der Waals surface area contributed by atoms with Crippen LogP contribution >= 0.6 is 0 Å². The van der Waals surface area contributed by atoms with E-state index in [4.69, 9.17) is 4.74 Å². The van der Waals surface area contributed by atoms with Crippen molar-refractivity contribution in [3.05, 3.63) is 46.2 Å². The first-order valence-electron chi connectivity index (χ1n) is 8.74. The van der Waals surface area contributed by atoms with Crippen molar-refractivity contribution in [2.45, 2.75) is 12.3 Å². The number of H-pyrrole nitrogens is 1. The molecule has 1 saturated heterocycles. The van der Waals surface area contributed by atoms with E-state index in [1.807, 2.05) is 11.0 Å². The van der Waals surface area contributed by atoms with Gasteiger partial charge in [0, 0.05) is 25.2 Å². The summed E-state index contributed by atoms with van der Waals surface area (Å²) in [5.74, 6) is -1.15. The van der Waals surface area contributed by atoms with Gasteiger partial charge in [0.1, 0.15) is 5.82 Å². The number of amides is 2. The average molecular weight is 369 g/mol. The molecule has 0 spiro atoms. The van der Waals surface area contributed by atoms with Crippen molar-refractivity contribution in [3.63, 3.8) is 0 Å². The number of aromatic nitrogens is 2. The predicted molar refractivity (Wildman–Crippen MR) is 98.9 cm³/mol. The molecular weight excluding hydrogens is 350 g/mol. The maximum absolute atomic E-state index is 12.7. The lowest BCUT2D eigenvalue weighted by Crippen LogP contribution is -2.41. The minimum Gasteiger partial charge on any atom is -0.378 e. The molecule has 4 rings (SSSR count). The maximum Gasteiger partial charge on any atom is 0.258 e. The molecule has 3 heterocycles. The van der Waals surface area contributed by atoms with Crippen LogP contribution in [0.25, 0.3) is 0 Å². The number of carbonyl (C=O) groups is 2. The van der Waals surface area contributed by atoms with Gasteiger partial charge in [-0.15, -0.1) is 0 Å². The lowest BCUT2D eigenvalue weighted by molar-refractivity contribution is -0.123. The number of nitrogens with zero attached hydrogens (tertiary/aromatic N) is 2. The summed E-state index contributed by atoms with van der Waals surface area (Å²) in [4.78, 5) is 46.6. The van der Waals surface area contributed by atoms with Gasteiger partial charge in [-0.05, 0) is 12.1 Å². The Balaban J connectivity index is 1.66. The first kappa shape index (κ1) is 17.2. The Morgan fingerprint density at radius 1 is 1.19 bits per heavy atom. The van der Waals surface area contributed by atoms with E-state index in [9.17, 15) is 14.4 Å². The standard InChI is InChI=1S/C18H19N5O4/c24-13-10-12(16(25)19-11-4-2-1-3-5-11)14-15(20-13)21-18(22-17(14)26)23-6-8-27-9-7-23/h1-5,12H,6-10H2,(H,19,25)(H2,20,21,22,24,26)/t12-/m1/s1. The number of hydrogen-bond donors (Lipinski definition) is 3. The molecule has 9 nitrogen and oxygen atoms in total. The summed E-state index contributed by atoms with van der Waals surface area (Å²) in [5.41, 5.74) is 0.360. The first-order valence-corrected chi connectivity index (χ1v) is 8.74. The van der Waals surface area contributed by atoms with Crippen molar-refractivity contribution in [3.8, 4) is 0 Å². The number of anilines is 3. The number of nitrogens with one attached hydrogen (secondary N) is 3. The van der Waals surface area contributed by atoms with Gasteiger partial charge < -0.3 is 20.3 Å². The van der Waals surface area contributed by atoms with Crippen molar-refractivity contribution in [2.75, 3.05) is 41.8 Å². The molecular formula is C18H19N5O4. The molecule has 0 saturated carbocycles. The molecule has 2 aliphatic rings. The summed E-state index contributed by atoms with van der Waals surface area (Å²) in [6, 6.07) is 8.90. The Morgan fingerprint density at radius 3 is 2.67 bits per heavy atom. The second kappa shape index (κ2) is 7.20. The number of benzene rings is 1. The van der Waals surface area contributed by atoms with Gasteiger partial charge in [0.25, 0.3) is 5.56 Å². The molecule has 0 aliphatic carbocycles. The number of morpholine rings is 1. The van der Waals surface area contributed by atoms with Crippen molar-refractivity contribution in [1.29, 1.82) is 0 Å². The zero-order chi connectivity index (χ0) is 18.8. The molecule has 2 aromatic rings. The summed E-state index contributed by atoms with van der Waals surface area (Å²) < 4.78 is 5.30. The summed E-state index contributed by atoms with van der Waals surface area (Å²) in [7, 11) is 0. The zero-order valence-corrected chi connectivity index (χ0v) is 14.5. The van der Waals surface area contributed by atoms with Crippen LogP contribution in [0, 0.1) is 0 Å². The van der Waals surface area contributed by atoms with Crippen LogP contribution < -0.4 is 21.1 Å². The topological polar surface area (TPSA) is 116 Å². The number of aromatic amines is 1. The summed E-state index contributed by atoms with van der Waals surface area (Å²) in [5, 5.41) is 5.37. The molecule has 140 valence electrons. The van der Waals surface area contributed by atoms with Gasteiger partial charge in [0.05, 0.1) is 24.7 Å². The summed E-state index contributed by atoms with van der Waals surface area (Å²) in [6.45, 7) is 2.26. The highest BCUT2D eigenvalue weighted by Gasteiger charge is 2.35. The van der Waals surface area contributed by atoms with E-state index in [0.717, 1.165) is 0 Å². The van der Waals surface area contributed by atoms with Gasteiger partial charge in [-0.25, -0.2) is 0 Å². The lowest BCUT2D eigenvalue weighted by atomic mass is 9.92. The van der Waals surface area contributed by atoms with E-state index in [0.29, 0.717) is 37.9 Å². The lowest BCUT2D eigenvalue weighted by Gasteiger charge is -2.29. The van der Waals surface area contributed by atoms with Crippen molar-refractivity contribution < 1.29 is 14.3 Å². The second-order valence-electron chi connectivity index (χ2n) is 6.41. The van der Waals surface area contributed by atoms with Gasteiger partial charge >= 0.3 is 0 Å². The number of hydrogen-bond acceptors (Lipinski definition) is 6. The van der Waals surface area contributed by atoms with Gasteiger partial charge in [-0.2, -0.15) is 4.98 Å². The van der Waals surface area contributed by atoms with Crippen LogP contribution in [0.15, 0.2) is 35.1 Å². The first-order chi connectivity index (χ1) is 13.1. The van der Waals surface area contributed by atoms with E-state index < -0.39 is 17.4 Å². The minimum atomic E-state index is -0.899. The van der Waals surface area contributed by atoms with Crippen molar-refractivity contribution in [2.24, 2.45) is 0 Å². The SMILES string of the molecule is O=C1C[C@@H](C(=O)Nc2ccccc2)c2c(nc(N3CCOCC3)[nH]c2=O)N1. The molecule has 3 N–H and O–H groups in total. The third kappa shape index (κ3) is 3.54. The molecule has 0 bridgehead atoms. The molecule has 9 heteroatoms. The molecule has 2 amide bonds. The van der Waals surface area contributed by atoms with Crippen LogP contribution in [0.4, 0.5) is 17.5 Å². The Bertz CT molecular complexity index is 921. The molecule has 1 aromatic carbocycles. The van der Waals surface area contributed by atoms with Crippen LogP contribution in [-0.2, 0) is 14.3 Å². The zero-order valence-electron chi connectivity index (χ0n) is 14.5. The molecule has 27 heavy (non-hydrogen) atoms. The second-order valence-corrected chi connectivity index (χ2v) is 6.41. The van der Waals surface area contributed by atoms with E-state index in [1.54, 1.807) is 24.3 Å². The average Bonchev–Trinajstić information content (AvgIpc) is 2.68. The molecule has 1 fully saturated rings. The smallest absolute Gasteiger partial charge is 0.258 e. The number of fused-ring (bicyclic) bond motifs is 1. The number of carbonyl (C=O) groups excluding carboxylic acids is 2. The van der Waals surface area contributed by atoms with Crippen molar-refractivity contribution in [1.82, 2.24) is 9.97 Å². The van der Waals surface area contributed by atoms with Crippen LogP contribution in [0.2, 0.25) is 0 Å². The molecule has 1 atom stereocenters. The van der Waals surface area contributed by atoms with Crippen LogP contribution in [-0.4, -0.2) is 48.1 Å². The van der Waals surface area contributed by atoms with Crippen LogP contribution in [0.3, 0.4) is 0 Å². The Morgan fingerprint density at radius 2 is 1.93 bits per heavy atom. The highest BCUT2D eigenvalue weighted by atomic mass is 16.5. The monoisotopic (exact) mass is 369 g/mol. The fourth-order valence-corrected chi connectivity index (χ4v) is 3.26. The Hall–Kier alpha value is -3.20. The van der Waals surface area contributed by atoms with Crippen molar-refractivity contribution >= 4 is 29.3 Å². The van der Waals surface area contributed by atoms with Gasteiger partial charge in [-0.3, -0.25) is 19.4 Å². The summed E-state index contributed by atoms with van der Waals surface area (Å²) in [6.07, 6.45) is -0.104. The van der Waals surface area contributed by atoms with Gasteiger partial charge in [0.2, 0.25) is 17.8 Å². The Kier molecular flexibility index (Phi) is 4.59. The maximum atomic E-state index is 12.7. The molecule has 0 radical (unpaired) electrons. The third-order valence-corrected chi connectivity index (χ3v) is 4.61. The predicted octanol–water partition coefficient (Wildman–Crippen LogP) is 0.671. The molecule has 0 unspecified atom stereocenters. The molecule has 2 aliphatic heterocycles.